The van der Waals surface area contributed by atoms with Crippen molar-refractivity contribution in [3.05, 3.63) is 16.1 Å². The van der Waals surface area contributed by atoms with Gasteiger partial charge >= 0.3 is 0 Å². The largest absolute Gasteiger partial charge is 0.480 e. The second-order valence-electron chi connectivity index (χ2n) is 8.90. The minimum Gasteiger partial charge on any atom is -0.480 e. The summed E-state index contributed by atoms with van der Waals surface area (Å²) in [6, 6.07) is 1.78. The number of methoxy groups -OCH3 is 1. The van der Waals surface area contributed by atoms with E-state index in [1.54, 1.807) is 6.07 Å². The Labute approximate surface area is 198 Å². The van der Waals surface area contributed by atoms with E-state index in [4.69, 9.17) is 28.4 Å². The number of amides is 1. The van der Waals surface area contributed by atoms with Crippen LogP contribution in [0.2, 0.25) is 0 Å². The lowest BCUT2D eigenvalue weighted by molar-refractivity contribution is 0.0167. The Hall–Kier alpha value is -1.65. The number of pyridine rings is 1. The van der Waals surface area contributed by atoms with Crippen molar-refractivity contribution < 1.29 is 9.53 Å². The van der Waals surface area contributed by atoms with Crippen LogP contribution >= 0.6 is 28.1 Å². The molecule has 31 heavy (non-hydrogen) atoms. The fraction of sp³-hybridized carbons (Fsp3) is 0.667. The Morgan fingerprint density at radius 1 is 1.26 bits per heavy atom. The number of nitrogens with zero attached hydrogens (tertiary/aromatic N) is 3. The van der Waals surface area contributed by atoms with Crippen LogP contribution in [-0.2, 0) is 0 Å². The number of aromatic nitrogens is 1. The van der Waals surface area contributed by atoms with Gasteiger partial charge in [0.1, 0.15) is 11.4 Å². The van der Waals surface area contributed by atoms with Crippen LogP contribution in [-0.4, -0.2) is 70.7 Å². The number of hydrogen-bond acceptors (Lipinski definition) is 6. The van der Waals surface area contributed by atoms with Gasteiger partial charge in [-0.25, -0.2) is 0 Å². The second-order valence-corrected chi connectivity index (χ2v) is 10.2. The number of rotatable bonds is 5. The molecule has 0 unspecified atom stereocenters. The molecule has 0 spiro atoms. The highest BCUT2D eigenvalue weighted by atomic mass is 79.9. The van der Waals surface area contributed by atoms with Gasteiger partial charge in [-0.3, -0.25) is 9.69 Å². The van der Waals surface area contributed by atoms with Gasteiger partial charge in [0.2, 0.25) is 5.88 Å². The van der Waals surface area contributed by atoms with E-state index < -0.39 is 0 Å². The molecule has 5 N–H and O–H groups in total. The number of thiocarbonyl (C=S) groups is 1. The van der Waals surface area contributed by atoms with Gasteiger partial charge in [-0.15, -0.1) is 0 Å². The van der Waals surface area contributed by atoms with Crippen molar-refractivity contribution in [2.75, 3.05) is 39.0 Å². The molecule has 2 aliphatic heterocycles. The summed E-state index contributed by atoms with van der Waals surface area (Å²) in [6.07, 6.45) is 4.01. The minimum absolute atomic E-state index is 0.103. The van der Waals surface area contributed by atoms with Crippen LogP contribution < -0.4 is 21.5 Å². The monoisotopic (exact) mass is 512 g/mol. The lowest BCUT2D eigenvalue weighted by Gasteiger charge is -2.49. The first kappa shape index (κ1) is 24.0. The van der Waals surface area contributed by atoms with Crippen molar-refractivity contribution in [3.63, 3.8) is 0 Å². The maximum Gasteiger partial charge on any atom is 0.257 e. The van der Waals surface area contributed by atoms with Gasteiger partial charge < -0.3 is 26.4 Å². The molecule has 0 radical (unpaired) electrons. The molecule has 2 saturated heterocycles. The number of halogens is 1. The molecule has 0 atom stereocenters. The van der Waals surface area contributed by atoms with Crippen LogP contribution in [0, 0.1) is 5.92 Å². The van der Waals surface area contributed by atoms with Crippen molar-refractivity contribution in [2.24, 2.45) is 11.7 Å². The normalized spacial score (nSPS) is 19.3. The Morgan fingerprint density at radius 2 is 1.87 bits per heavy atom. The number of ether oxygens (including phenoxy) is 1. The number of nitrogen functional groups attached to an aromatic ring is 1. The standard InChI is InChI=1S/C21H33BrN6O2S/c1-21(2,13-4-8-27(9-5-13)20(24)31)28-10-6-14(7-11-28)25-18(29)15-12-16(22)17(23)26-19(15)30-3/h12-14H,4-11H2,1-3H3,(H2,23,26)(H2,24,31)(H,25,29). The average Bonchev–Trinajstić information content (AvgIpc) is 2.75. The number of hydrogen-bond donors (Lipinski definition) is 3. The van der Waals surface area contributed by atoms with E-state index in [0.29, 0.717) is 26.9 Å². The molecule has 172 valence electrons. The maximum absolute atomic E-state index is 12.8. The molecule has 0 aromatic carbocycles. The predicted octanol–water partition coefficient (Wildman–Crippen LogP) is 2.36. The van der Waals surface area contributed by atoms with Gasteiger partial charge in [0.25, 0.3) is 5.91 Å². The summed E-state index contributed by atoms with van der Waals surface area (Å²) in [5.74, 6) is 0.947. The minimum atomic E-state index is -0.187. The molecular weight excluding hydrogens is 480 g/mol. The first-order valence-electron chi connectivity index (χ1n) is 10.7. The number of nitrogens with one attached hydrogen (secondary N) is 1. The molecule has 1 aromatic rings. The summed E-state index contributed by atoms with van der Waals surface area (Å²) < 4.78 is 5.82. The molecule has 1 aromatic heterocycles. The summed E-state index contributed by atoms with van der Waals surface area (Å²) >= 11 is 8.46. The molecule has 0 aliphatic carbocycles. The van der Waals surface area contributed by atoms with Crippen molar-refractivity contribution in [1.82, 2.24) is 20.1 Å². The molecule has 0 bridgehead atoms. The smallest absolute Gasteiger partial charge is 0.257 e. The van der Waals surface area contributed by atoms with Gasteiger partial charge in [0.05, 0.1) is 11.6 Å². The predicted molar refractivity (Wildman–Crippen MR) is 130 cm³/mol. The van der Waals surface area contributed by atoms with Crippen LogP contribution in [0.3, 0.4) is 0 Å². The summed E-state index contributed by atoms with van der Waals surface area (Å²) in [5.41, 5.74) is 12.1. The molecule has 3 rings (SSSR count). The zero-order valence-corrected chi connectivity index (χ0v) is 20.9. The molecular formula is C21H33BrN6O2S. The van der Waals surface area contributed by atoms with E-state index in [-0.39, 0.29) is 23.4 Å². The zero-order chi connectivity index (χ0) is 22.8. The van der Waals surface area contributed by atoms with E-state index in [1.165, 1.54) is 7.11 Å². The number of carbonyl (C=O) groups is 1. The van der Waals surface area contributed by atoms with Gasteiger partial charge in [-0.2, -0.15) is 4.98 Å². The van der Waals surface area contributed by atoms with Crippen molar-refractivity contribution >= 4 is 45.0 Å². The summed E-state index contributed by atoms with van der Waals surface area (Å²) in [6.45, 7) is 8.46. The highest BCUT2D eigenvalue weighted by Crippen LogP contribution is 2.35. The highest BCUT2D eigenvalue weighted by molar-refractivity contribution is 9.10. The summed E-state index contributed by atoms with van der Waals surface area (Å²) in [5, 5.41) is 3.65. The average molecular weight is 514 g/mol. The molecule has 3 heterocycles. The first-order chi connectivity index (χ1) is 14.6. The van der Waals surface area contributed by atoms with Crippen molar-refractivity contribution in [1.29, 1.82) is 0 Å². The van der Waals surface area contributed by atoms with Gasteiger partial charge in [-0.1, -0.05) is 0 Å². The fourth-order valence-electron chi connectivity index (χ4n) is 4.73. The van der Waals surface area contributed by atoms with E-state index >= 15 is 0 Å². The lowest BCUT2D eigenvalue weighted by Crippen LogP contribution is -2.57. The van der Waals surface area contributed by atoms with Gasteiger partial charge in [0, 0.05) is 37.8 Å². The molecule has 10 heteroatoms. The van der Waals surface area contributed by atoms with Crippen LogP contribution in [0.25, 0.3) is 0 Å². The highest BCUT2D eigenvalue weighted by Gasteiger charge is 2.39. The number of likely N-dealkylation sites (tertiary alicyclic amines) is 2. The summed E-state index contributed by atoms with van der Waals surface area (Å²) in [4.78, 5) is 21.6. The number of anilines is 1. The molecule has 2 aliphatic rings. The third-order valence-electron chi connectivity index (χ3n) is 6.86. The second kappa shape index (κ2) is 9.87. The fourth-order valence-corrected chi connectivity index (χ4v) is 5.23. The van der Waals surface area contributed by atoms with Crippen molar-refractivity contribution in [3.8, 4) is 5.88 Å². The maximum atomic E-state index is 12.8. The molecule has 1 amide bonds. The van der Waals surface area contributed by atoms with E-state index in [1.807, 2.05) is 0 Å². The van der Waals surface area contributed by atoms with Crippen LogP contribution in [0.15, 0.2) is 10.5 Å². The Morgan fingerprint density at radius 3 is 2.42 bits per heavy atom. The SMILES string of the molecule is COc1nc(N)c(Br)cc1C(=O)NC1CCN(C(C)(C)C2CCN(C(N)=S)CC2)CC1. The Balaban J connectivity index is 1.55. The number of carbonyl (C=O) groups excluding carboxylic acids is 1. The topological polar surface area (TPSA) is 110 Å². The van der Waals surface area contributed by atoms with E-state index in [9.17, 15) is 4.79 Å². The van der Waals surface area contributed by atoms with Crippen LogP contribution in [0.5, 0.6) is 5.88 Å². The molecule has 0 saturated carbocycles. The van der Waals surface area contributed by atoms with E-state index in [2.05, 4.69) is 49.9 Å². The summed E-state index contributed by atoms with van der Waals surface area (Å²) in [7, 11) is 1.48. The van der Waals surface area contributed by atoms with E-state index in [0.717, 1.165) is 51.9 Å². The Kier molecular flexibility index (Phi) is 7.64. The zero-order valence-electron chi connectivity index (χ0n) is 18.5. The lowest BCUT2D eigenvalue weighted by atomic mass is 9.78. The van der Waals surface area contributed by atoms with Gasteiger partial charge in [-0.05, 0) is 79.7 Å². The molecule has 8 nitrogen and oxygen atoms in total. The number of nitrogens with two attached hydrogens (primary N) is 2. The molecule has 2 fully saturated rings. The van der Waals surface area contributed by atoms with Crippen LogP contribution in [0.4, 0.5) is 5.82 Å². The van der Waals surface area contributed by atoms with Crippen LogP contribution in [0.1, 0.15) is 49.9 Å². The first-order valence-corrected chi connectivity index (χ1v) is 11.9. The van der Waals surface area contributed by atoms with Gasteiger partial charge in [0.15, 0.2) is 5.11 Å². The number of piperidine rings is 2. The van der Waals surface area contributed by atoms with Crippen molar-refractivity contribution in [2.45, 2.75) is 51.1 Å². The quantitative estimate of drug-likeness (QED) is 0.515. The Bertz CT molecular complexity index is 820. The third kappa shape index (κ3) is 5.40. The third-order valence-corrected chi connectivity index (χ3v) is 7.75.